The quantitative estimate of drug-likeness (QED) is 0.345. The summed E-state index contributed by atoms with van der Waals surface area (Å²) in [6.45, 7) is 13.6. The summed E-state index contributed by atoms with van der Waals surface area (Å²) < 4.78 is 4.98. The van der Waals surface area contributed by atoms with Crippen molar-refractivity contribution in [2.45, 2.75) is 50.9 Å². The number of aromatic nitrogens is 2. The highest BCUT2D eigenvalue weighted by atomic mass is 32.2. The van der Waals surface area contributed by atoms with E-state index in [0.717, 1.165) is 35.3 Å². The number of benzene rings is 1. The Morgan fingerprint density at radius 1 is 1.17 bits per heavy atom. The number of rotatable bonds is 10. The van der Waals surface area contributed by atoms with Crippen LogP contribution in [0.25, 0.3) is 0 Å². The molecule has 1 aromatic carbocycles. The molecule has 0 spiro atoms. The van der Waals surface area contributed by atoms with E-state index < -0.39 is 0 Å². The lowest BCUT2D eigenvalue weighted by Gasteiger charge is -2.24. The minimum absolute atomic E-state index is 0.0552. The van der Waals surface area contributed by atoms with E-state index in [-0.39, 0.29) is 11.3 Å². The van der Waals surface area contributed by atoms with E-state index in [0.29, 0.717) is 24.5 Å². The Balaban J connectivity index is 2.17. The smallest absolute Gasteiger partial charge is 0.251 e. The highest BCUT2D eigenvalue weighted by Crippen LogP contribution is 2.28. The molecule has 164 valence electrons. The van der Waals surface area contributed by atoms with Crippen LogP contribution in [0.4, 0.5) is 5.82 Å². The lowest BCUT2D eigenvalue weighted by molar-refractivity contribution is 0.0937. The number of amides is 1. The van der Waals surface area contributed by atoms with E-state index >= 15 is 0 Å². The third-order valence-electron chi connectivity index (χ3n) is 4.70. The van der Waals surface area contributed by atoms with Crippen molar-refractivity contribution in [3.8, 4) is 0 Å². The average Bonchev–Trinajstić information content (AvgIpc) is 2.73. The predicted molar refractivity (Wildman–Crippen MR) is 125 cm³/mol. The van der Waals surface area contributed by atoms with Crippen LogP contribution in [-0.2, 0) is 15.9 Å². The Hall–Kier alpha value is -2.12. The standard InChI is InChI=1S/C23H34N4O2S/c1-7-27(8-2)20-15-19(23(3,4)5)25-22(26-20)30-16-17-10-9-11-18(14-17)21(28)24-12-13-29-6/h9-11,14-15H,7-8,12-13,16H2,1-6H3,(H,24,28). The maximum absolute atomic E-state index is 12.3. The molecule has 30 heavy (non-hydrogen) atoms. The van der Waals surface area contributed by atoms with E-state index in [9.17, 15) is 4.79 Å². The van der Waals surface area contributed by atoms with Gasteiger partial charge in [0.05, 0.1) is 12.3 Å². The lowest BCUT2D eigenvalue weighted by atomic mass is 9.92. The number of methoxy groups -OCH3 is 1. The van der Waals surface area contributed by atoms with Gasteiger partial charge < -0.3 is 15.0 Å². The zero-order valence-electron chi connectivity index (χ0n) is 19.0. The fourth-order valence-corrected chi connectivity index (χ4v) is 3.69. The Bertz CT molecular complexity index is 832. The summed E-state index contributed by atoms with van der Waals surface area (Å²) in [4.78, 5) is 24.1. The molecule has 1 amide bonds. The molecule has 0 aliphatic carbocycles. The van der Waals surface area contributed by atoms with Crippen molar-refractivity contribution in [2.75, 3.05) is 38.3 Å². The van der Waals surface area contributed by atoms with Crippen molar-refractivity contribution in [3.05, 3.63) is 47.2 Å². The van der Waals surface area contributed by atoms with Crippen LogP contribution in [0.1, 0.15) is 56.2 Å². The third-order valence-corrected chi connectivity index (χ3v) is 5.62. The molecule has 0 radical (unpaired) electrons. The topological polar surface area (TPSA) is 67.4 Å². The third kappa shape index (κ3) is 6.99. The van der Waals surface area contributed by atoms with Crippen LogP contribution in [0.2, 0.25) is 0 Å². The first-order valence-electron chi connectivity index (χ1n) is 10.4. The number of hydrogen-bond donors (Lipinski definition) is 1. The van der Waals surface area contributed by atoms with Crippen LogP contribution in [0, 0.1) is 0 Å². The van der Waals surface area contributed by atoms with Crippen molar-refractivity contribution >= 4 is 23.5 Å². The summed E-state index contributed by atoms with van der Waals surface area (Å²) >= 11 is 1.60. The Kier molecular flexibility index (Phi) is 9.11. The SMILES string of the molecule is CCN(CC)c1cc(C(C)(C)C)nc(SCc2cccc(C(=O)NCCOC)c2)n1. The fourth-order valence-electron chi connectivity index (χ4n) is 2.89. The van der Waals surface area contributed by atoms with Crippen molar-refractivity contribution in [1.29, 1.82) is 0 Å². The van der Waals surface area contributed by atoms with Gasteiger partial charge in [0, 0.05) is 49.5 Å². The molecule has 0 saturated heterocycles. The largest absolute Gasteiger partial charge is 0.383 e. The van der Waals surface area contributed by atoms with Gasteiger partial charge in [0.15, 0.2) is 5.16 Å². The molecule has 0 atom stereocenters. The Morgan fingerprint density at radius 2 is 1.90 bits per heavy atom. The fraction of sp³-hybridized carbons (Fsp3) is 0.522. The van der Waals surface area contributed by atoms with Gasteiger partial charge in [0.2, 0.25) is 0 Å². The molecule has 2 rings (SSSR count). The normalized spacial score (nSPS) is 11.4. The van der Waals surface area contributed by atoms with Gasteiger partial charge in [-0.3, -0.25) is 4.79 Å². The average molecular weight is 431 g/mol. The van der Waals surface area contributed by atoms with Crippen LogP contribution >= 0.6 is 11.8 Å². The molecular formula is C23H34N4O2S. The predicted octanol–water partition coefficient (Wildman–Crippen LogP) is 4.29. The number of carbonyl (C=O) groups is 1. The van der Waals surface area contributed by atoms with Gasteiger partial charge in [-0.2, -0.15) is 0 Å². The monoisotopic (exact) mass is 430 g/mol. The first-order valence-corrected chi connectivity index (χ1v) is 11.4. The van der Waals surface area contributed by atoms with Gasteiger partial charge in [-0.05, 0) is 31.5 Å². The maximum atomic E-state index is 12.3. The summed E-state index contributed by atoms with van der Waals surface area (Å²) in [5, 5.41) is 3.62. The molecular weight excluding hydrogens is 396 g/mol. The van der Waals surface area contributed by atoms with Gasteiger partial charge in [0.25, 0.3) is 5.91 Å². The zero-order chi connectivity index (χ0) is 22.1. The molecule has 2 aromatic rings. The van der Waals surface area contributed by atoms with Gasteiger partial charge in [-0.25, -0.2) is 9.97 Å². The summed E-state index contributed by atoms with van der Waals surface area (Å²) in [5.74, 6) is 1.58. The summed E-state index contributed by atoms with van der Waals surface area (Å²) in [6.07, 6.45) is 0. The number of hydrogen-bond acceptors (Lipinski definition) is 6. The van der Waals surface area contributed by atoms with E-state index in [1.165, 1.54) is 0 Å². The molecule has 0 aliphatic rings. The van der Waals surface area contributed by atoms with Crippen molar-refractivity contribution in [3.63, 3.8) is 0 Å². The van der Waals surface area contributed by atoms with Crippen molar-refractivity contribution < 1.29 is 9.53 Å². The van der Waals surface area contributed by atoms with Crippen molar-refractivity contribution in [1.82, 2.24) is 15.3 Å². The molecule has 0 unspecified atom stereocenters. The number of anilines is 1. The molecule has 6 nitrogen and oxygen atoms in total. The van der Waals surface area contributed by atoms with Crippen LogP contribution in [-0.4, -0.2) is 49.2 Å². The van der Waals surface area contributed by atoms with Crippen LogP contribution in [0.3, 0.4) is 0 Å². The van der Waals surface area contributed by atoms with Crippen molar-refractivity contribution in [2.24, 2.45) is 0 Å². The number of carbonyl (C=O) groups excluding carboxylic acids is 1. The van der Waals surface area contributed by atoms with Gasteiger partial charge >= 0.3 is 0 Å². The van der Waals surface area contributed by atoms with E-state index in [2.05, 4.69) is 50.9 Å². The van der Waals surface area contributed by atoms with Gasteiger partial charge in [0.1, 0.15) is 5.82 Å². The van der Waals surface area contributed by atoms with E-state index in [1.54, 1.807) is 18.9 Å². The Morgan fingerprint density at radius 3 is 2.53 bits per heavy atom. The lowest BCUT2D eigenvalue weighted by Crippen LogP contribution is -2.26. The van der Waals surface area contributed by atoms with Gasteiger partial charge in [-0.15, -0.1) is 0 Å². The van der Waals surface area contributed by atoms with Gasteiger partial charge in [-0.1, -0.05) is 44.7 Å². The second kappa shape index (κ2) is 11.3. The molecule has 0 aliphatic heterocycles. The summed E-state index contributed by atoms with van der Waals surface area (Å²) in [7, 11) is 1.62. The molecule has 1 heterocycles. The Labute approximate surface area is 184 Å². The number of thioether (sulfide) groups is 1. The minimum Gasteiger partial charge on any atom is -0.383 e. The second-order valence-corrected chi connectivity index (χ2v) is 9.00. The summed E-state index contributed by atoms with van der Waals surface area (Å²) in [5.41, 5.74) is 2.69. The van der Waals surface area contributed by atoms with E-state index in [4.69, 9.17) is 14.7 Å². The molecule has 1 aromatic heterocycles. The summed E-state index contributed by atoms with van der Waals surface area (Å²) in [6, 6.07) is 9.79. The highest BCUT2D eigenvalue weighted by Gasteiger charge is 2.19. The minimum atomic E-state index is -0.0892. The first kappa shape index (κ1) is 24.2. The van der Waals surface area contributed by atoms with Crippen LogP contribution in [0.15, 0.2) is 35.5 Å². The number of nitrogens with one attached hydrogen (secondary N) is 1. The number of ether oxygens (including phenoxy) is 1. The highest BCUT2D eigenvalue weighted by molar-refractivity contribution is 7.98. The number of nitrogens with zero attached hydrogens (tertiary/aromatic N) is 3. The molecule has 0 bridgehead atoms. The van der Waals surface area contributed by atoms with Crippen LogP contribution in [0.5, 0.6) is 0 Å². The van der Waals surface area contributed by atoms with Crippen LogP contribution < -0.4 is 10.2 Å². The molecule has 0 fully saturated rings. The second-order valence-electron chi connectivity index (χ2n) is 8.05. The molecule has 7 heteroatoms. The maximum Gasteiger partial charge on any atom is 0.251 e. The zero-order valence-corrected chi connectivity index (χ0v) is 19.8. The molecule has 1 N–H and O–H groups in total. The molecule has 0 saturated carbocycles. The van der Waals surface area contributed by atoms with E-state index in [1.807, 2.05) is 24.3 Å². The first-order chi connectivity index (χ1) is 14.3.